The molecule has 0 saturated heterocycles. The van der Waals surface area contributed by atoms with E-state index < -0.39 is 31.1 Å². The number of benzene rings is 2. The number of rotatable bonds is 36. The second-order valence-electron chi connectivity index (χ2n) is 21.7. The Balaban J connectivity index is 1.45. The Morgan fingerprint density at radius 3 is 1.32 bits per heavy atom. The Bertz CT molecular complexity index is 2330. The molecule has 0 bridgehead atoms. The molecule has 398 valence electrons. The van der Waals surface area contributed by atoms with Crippen LogP contribution in [0, 0.1) is 0 Å². The van der Waals surface area contributed by atoms with Crippen LogP contribution in [-0.2, 0) is 40.7 Å². The molecule has 10 nitrogen and oxygen atoms in total. The fourth-order valence-corrected chi connectivity index (χ4v) is 11.7. The van der Waals surface area contributed by atoms with Crippen molar-refractivity contribution in [3.05, 3.63) is 71.5 Å². The van der Waals surface area contributed by atoms with Crippen molar-refractivity contribution in [1.82, 2.24) is 0 Å². The topological polar surface area (TPSA) is 149 Å². The van der Waals surface area contributed by atoms with Gasteiger partial charge in [0, 0.05) is 35.2 Å². The van der Waals surface area contributed by atoms with Gasteiger partial charge < -0.3 is 0 Å². The fourth-order valence-electron chi connectivity index (χ4n) is 10.7. The van der Waals surface area contributed by atoms with Gasteiger partial charge in [-0.3, -0.25) is 18.8 Å². The quantitative estimate of drug-likeness (QED) is 0.0389. The number of amides is 2. The zero-order chi connectivity index (χ0) is 51.9. The largest absolute Gasteiger partial charge is 0.392 e. The third-order valence-electron chi connectivity index (χ3n) is 15.1. The van der Waals surface area contributed by atoms with Crippen LogP contribution in [0.1, 0.15) is 258 Å². The number of anilines is 1. The van der Waals surface area contributed by atoms with Gasteiger partial charge in [-0.1, -0.05) is 214 Å². The van der Waals surface area contributed by atoms with E-state index in [1.807, 2.05) is 39.8 Å². The van der Waals surface area contributed by atoms with Crippen molar-refractivity contribution < 1.29 is 40.1 Å². The van der Waals surface area contributed by atoms with Gasteiger partial charge in [-0.05, 0) is 68.7 Å². The summed E-state index contributed by atoms with van der Waals surface area (Å²) in [7, 11) is -9.03. The van der Waals surface area contributed by atoms with Crippen LogP contribution in [0.25, 0.3) is 0 Å². The van der Waals surface area contributed by atoms with Crippen LogP contribution in [0.2, 0.25) is 0 Å². The van der Waals surface area contributed by atoms with Crippen LogP contribution in [0.15, 0.2) is 70.1 Å². The van der Waals surface area contributed by atoms with Gasteiger partial charge in [0.25, 0.3) is 20.2 Å². The Hall–Kier alpha value is -3.45. The molecular weight excluding hydrogens is 929 g/mol. The van der Waals surface area contributed by atoms with Crippen LogP contribution >= 0.6 is 0 Å². The van der Waals surface area contributed by atoms with Crippen LogP contribution in [0.3, 0.4) is 0 Å². The number of carbonyl (C=O) groups is 2. The zero-order valence-corrected chi connectivity index (χ0v) is 46.5. The molecule has 12 heteroatoms. The van der Waals surface area contributed by atoms with Gasteiger partial charge in [-0.2, -0.15) is 16.8 Å². The number of fused-ring (bicyclic) bond motifs is 2. The van der Waals surface area contributed by atoms with Crippen molar-refractivity contribution >= 4 is 49.1 Å². The highest BCUT2D eigenvalue weighted by Gasteiger charge is 2.48. The number of allylic oxidation sites excluding steroid dienone is 4. The first kappa shape index (κ1) is 60.1. The molecule has 0 aliphatic carbocycles. The van der Waals surface area contributed by atoms with E-state index in [2.05, 4.69) is 13.8 Å². The predicted octanol–water partition coefficient (Wildman–Crippen LogP) is 16.4. The van der Waals surface area contributed by atoms with Crippen molar-refractivity contribution in [3.8, 4) is 0 Å². The minimum atomic E-state index is -4.51. The lowest BCUT2D eigenvalue weighted by Crippen LogP contribution is -2.32. The second-order valence-corrected chi connectivity index (χ2v) is 24.6. The minimum Gasteiger partial charge on any atom is -0.284 e. The number of carbonyl (C=O) groups excluding carboxylic acids is 2. The maximum atomic E-state index is 14.3. The van der Waals surface area contributed by atoms with Gasteiger partial charge in [0.2, 0.25) is 17.3 Å². The highest BCUT2D eigenvalue weighted by atomic mass is 32.2. The highest BCUT2D eigenvalue weighted by Crippen LogP contribution is 2.49. The summed E-state index contributed by atoms with van der Waals surface area (Å²) >= 11 is 0. The molecule has 2 aromatic rings. The van der Waals surface area contributed by atoms with E-state index in [1.54, 1.807) is 27.7 Å². The van der Waals surface area contributed by atoms with E-state index in [0.717, 1.165) is 51.4 Å². The summed E-state index contributed by atoms with van der Waals surface area (Å²) in [5, 5.41) is 0. The van der Waals surface area contributed by atoms with Crippen molar-refractivity contribution in [2.75, 3.05) is 4.90 Å². The minimum absolute atomic E-state index is 0.106. The Kier molecular flexibility index (Phi) is 25.4. The third kappa shape index (κ3) is 18.5. The van der Waals surface area contributed by atoms with Crippen LogP contribution < -0.4 is 4.90 Å². The lowest BCUT2D eigenvalue weighted by molar-refractivity contribution is -0.365. The predicted molar refractivity (Wildman–Crippen MR) is 292 cm³/mol. The van der Waals surface area contributed by atoms with Crippen LogP contribution in [0.4, 0.5) is 11.4 Å². The monoisotopic (exact) mass is 1020 g/mol. The molecule has 0 aromatic heterocycles. The zero-order valence-electron chi connectivity index (χ0n) is 44.9. The van der Waals surface area contributed by atoms with Crippen molar-refractivity contribution in [3.63, 3.8) is 0 Å². The molecule has 0 spiro atoms. The summed E-state index contributed by atoms with van der Waals surface area (Å²) in [4.78, 5) is 29.8. The summed E-state index contributed by atoms with van der Waals surface area (Å²) in [6.07, 6.45) is 42.8. The van der Waals surface area contributed by atoms with Crippen molar-refractivity contribution in [2.45, 2.75) is 268 Å². The molecule has 0 atom stereocenters. The fraction of sp³-hybridized carbons (Fsp3) is 0.678. The first-order valence-electron chi connectivity index (χ1n) is 28.0. The number of hydrogen-bond donors (Lipinski definition) is 2. The average Bonchev–Trinajstić information content (AvgIpc) is 3.68. The van der Waals surface area contributed by atoms with E-state index in [9.17, 15) is 35.5 Å². The van der Waals surface area contributed by atoms with E-state index in [4.69, 9.17) is 0 Å². The maximum Gasteiger partial charge on any atom is 0.392 e. The Morgan fingerprint density at radius 1 is 0.521 bits per heavy atom. The smallest absolute Gasteiger partial charge is 0.284 e. The van der Waals surface area contributed by atoms with Gasteiger partial charge in [-0.15, -0.1) is 4.58 Å². The van der Waals surface area contributed by atoms with E-state index in [1.165, 1.54) is 166 Å². The molecule has 0 unspecified atom stereocenters. The summed E-state index contributed by atoms with van der Waals surface area (Å²) in [5.41, 5.74) is 1.86. The van der Waals surface area contributed by atoms with Crippen LogP contribution in [-0.4, -0.2) is 48.0 Å². The average molecular weight is 1020 g/mol. The summed E-state index contributed by atoms with van der Waals surface area (Å²) in [6, 6.07) is 8.72. The normalized spacial score (nSPS) is 15.9. The molecule has 2 aromatic carbocycles. The van der Waals surface area contributed by atoms with Gasteiger partial charge in [0.05, 0.1) is 27.3 Å². The number of unbranched alkanes of at least 4 members (excludes halogenated alkanes) is 28. The van der Waals surface area contributed by atoms with Crippen molar-refractivity contribution in [1.29, 1.82) is 0 Å². The van der Waals surface area contributed by atoms with E-state index >= 15 is 0 Å². The molecule has 2 amide bonds. The van der Waals surface area contributed by atoms with Gasteiger partial charge >= 0.3 is 5.91 Å². The maximum absolute atomic E-state index is 14.3. The van der Waals surface area contributed by atoms with Gasteiger partial charge in [-0.25, -0.2) is 4.79 Å². The van der Waals surface area contributed by atoms with Gasteiger partial charge in [0.1, 0.15) is 0 Å². The lowest BCUT2D eigenvalue weighted by Gasteiger charge is -2.25. The van der Waals surface area contributed by atoms with Crippen molar-refractivity contribution in [2.24, 2.45) is 0 Å². The lowest BCUT2D eigenvalue weighted by atomic mass is 9.81. The highest BCUT2D eigenvalue weighted by molar-refractivity contribution is 7.86. The SMILES string of the molecule is CCCCCCCCCCCCCCCCCC(=O)N1/C(=C/C=C/C2=[N+](C(=O)CCCCCCCCCCCCCCCCC)c3ccc(S(=O)(=O)O)cc3C2(C)C)C(C)(C)c2cc(S(=O)(=O)O)ccc21. The molecule has 0 radical (unpaired) electrons. The second kappa shape index (κ2) is 30.0. The third-order valence-corrected chi connectivity index (χ3v) is 16.8. The van der Waals surface area contributed by atoms with E-state index in [0.29, 0.717) is 46.8 Å². The van der Waals surface area contributed by atoms with Gasteiger partial charge in [0.15, 0.2) is 0 Å². The number of nitrogens with zero attached hydrogens (tertiary/aromatic N) is 2. The molecule has 0 saturated carbocycles. The summed E-state index contributed by atoms with van der Waals surface area (Å²) < 4.78 is 70.9. The molecule has 2 heterocycles. The summed E-state index contributed by atoms with van der Waals surface area (Å²) in [5.74, 6) is -0.213. The molecule has 2 N–H and O–H groups in total. The first-order chi connectivity index (χ1) is 33.9. The molecule has 2 aliphatic rings. The number of hydrogen-bond acceptors (Lipinski definition) is 6. The Labute approximate surface area is 431 Å². The molecule has 0 fully saturated rings. The molecule has 71 heavy (non-hydrogen) atoms. The first-order valence-corrected chi connectivity index (χ1v) is 30.9. The van der Waals surface area contributed by atoms with E-state index in [-0.39, 0.29) is 21.6 Å². The Morgan fingerprint density at radius 2 is 0.901 bits per heavy atom. The van der Waals surface area contributed by atoms with Crippen LogP contribution in [0.5, 0.6) is 0 Å². The molecule has 2 aliphatic heterocycles. The molecule has 4 rings (SSSR count). The summed E-state index contributed by atoms with van der Waals surface area (Å²) in [6.45, 7) is 12.2. The molecular formula is C59H93N2O8S2+. The standard InChI is InChI=1S/C59H92N2O8S2/c1-7-9-11-13-15-17-19-21-23-25-27-29-31-33-35-40-56(62)60-52-44-42-48(70(64,65)66)46-50(52)58(3,4)54(60)38-37-39-55-59(5,6)51-47-49(71(67,68)69)43-45-53(51)61(55)57(63)41-36-34-32-30-28-26-24-22-20-18-16-14-12-10-8-2/h37-39,42-47H,7-36,40-41H2,1-6H3,(H-,64,65,66,67,68,69)/p+1.